The largest absolute Gasteiger partial charge is 0.478 e. The lowest BCUT2D eigenvalue weighted by molar-refractivity contribution is -0.616. The number of rotatable bonds is 15. The highest BCUT2D eigenvalue weighted by molar-refractivity contribution is 7.74. The van der Waals surface area contributed by atoms with Gasteiger partial charge in [0.25, 0.3) is 0 Å². The first kappa shape index (κ1) is 69.4. The summed E-state index contributed by atoms with van der Waals surface area (Å²) in [4.78, 5) is 8.81. The van der Waals surface area contributed by atoms with Crippen molar-refractivity contribution in [3.8, 4) is 0 Å². The van der Waals surface area contributed by atoms with Gasteiger partial charge < -0.3 is 14.6 Å². The second-order valence-electron chi connectivity index (χ2n) is 22.9. The first-order valence-corrected chi connectivity index (χ1v) is 30.4. The van der Waals surface area contributed by atoms with Gasteiger partial charge in [0, 0.05) is 55.8 Å². The molecule has 3 heterocycles. The zero-order valence-corrected chi connectivity index (χ0v) is 53.4. The number of hydrogen-bond acceptors (Lipinski definition) is 7. The Morgan fingerprint density at radius 1 is 0.714 bits per heavy atom. The van der Waals surface area contributed by atoms with E-state index in [4.69, 9.17) is 60.9 Å². The molecule has 8 atom stereocenters. The van der Waals surface area contributed by atoms with E-state index >= 15 is 0 Å². The fraction of sp³-hybridized carbons (Fsp3) is 0.361. The summed E-state index contributed by atoms with van der Waals surface area (Å²) in [5.74, 6) is 2.81. The molecule has 10 rings (SSSR count). The summed E-state index contributed by atoms with van der Waals surface area (Å²) in [6.07, 6.45) is 6.38. The summed E-state index contributed by atoms with van der Waals surface area (Å²) >= 11 is 28.2. The number of aliphatic imine (C=N–C) groups is 1. The minimum atomic E-state index is -0.734. The number of hydrogen-bond donors (Lipinski definition) is 2. The van der Waals surface area contributed by atoms with E-state index in [0.29, 0.717) is 47.4 Å². The minimum absolute atomic E-state index is 0. The van der Waals surface area contributed by atoms with Gasteiger partial charge in [-0.3, -0.25) is 0 Å². The summed E-state index contributed by atoms with van der Waals surface area (Å²) < 4.78 is 18.8. The van der Waals surface area contributed by atoms with E-state index in [0.717, 1.165) is 52.4 Å². The van der Waals surface area contributed by atoms with Crippen molar-refractivity contribution in [2.75, 3.05) is 20.3 Å². The van der Waals surface area contributed by atoms with Crippen molar-refractivity contribution in [1.29, 1.82) is 0 Å². The van der Waals surface area contributed by atoms with E-state index in [2.05, 4.69) is 180 Å². The van der Waals surface area contributed by atoms with Crippen molar-refractivity contribution in [2.45, 2.75) is 125 Å². The van der Waals surface area contributed by atoms with Crippen molar-refractivity contribution in [2.24, 2.45) is 27.7 Å². The minimum Gasteiger partial charge on any atom is -0.478 e. The third kappa shape index (κ3) is 18.8. The van der Waals surface area contributed by atoms with Gasteiger partial charge in [0.05, 0.1) is 30.6 Å². The summed E-state index contributed by atoms with van der Waals surface area (Å²) in [6.45, 7) is 26.9. The van der Waals surface area contributed by atoms with Crippen molar-refractivity contribution < 1.29 is 28.4 Å². The Bertz CT molecular complexity index is 3220. The Morgan fingerprint density at radius 3 is 1.86 bits per heavy atom. The lowest BCUT2D eigenvalue weighted by Crippen LogP contribution is -2.46. The summed E-state index contributed by atoms with van der Waals surface area (Å²) in [6, 6.07) is 57.4. The van der Waals surface area contributed by atoms with Gasteiger partial charge in [-0.05, 0) is 134 Å². The third-order valence-electron chi connectivity index (χ3n) is 15.8. The number of aryl methyl sites for hydroxylation is 2. The molecule has 0 saturated carbocycles. The van der Waals surface area contributed by atoms with Gasteiger partial charge in [-0.15, -0.1) is 13.2 Å². The van der Waals surface area contributed by atoms with Crippen LogP contribution in [0.25, 0.3) is 10.8 Å². The predicted octanol–water partition coefficient (Wildman–Crippen LogP) is 20.7. The quantitative estimate of drug-likeness (QED) is 0.0267. The Labute approximate surface area is 527 Å². The van der Waals surface area contributed by atoms with Crippen LogP contribution in [-0.4, -0.2) is 53.9 Å². The average Bonchev–Trinajstić information content (AvgIpc) is 1.60. The van der Waals surface area contributed by atoms with E-state index in [9.17, 15) is 5.11 Å². The highest BCUT2D eigenvalue weighted by atomic mass is 35.5. The SMILES string of the molecule is C.C=CC[C@@](C)(C[C@H](c1cccc(Cl)c1)[C@@H](O)c1ccc(Cl)cc1)C1=N[C@@H](C(C)C)CO1.C=CC[C@@]1(C)C[C@H](c2cccc(Cl)c2)[C@@H](c2ccc(Cl)cc2)[N+]2=C1OC[C@@H]2C(C)C.COOS.Cc1cccc2ccccc12.Cc1ccccc1. The van der Waals surface area contributed by atoms with Crippen molar-refractivity contribution in [3.63, 3.8) is 0 Å². The van der Waals surface area contributed by atoms with E-state index in [1.165, 1.54) is 40.1 Å². The molecule has 0 saturated heterocycles. The molecule has 7 aromatic carbocycles. The molecular formula is C72H87Cl4N2O5S+. The van der Waals surface area contributed by atoms with Crippen LogP contribution in [0.3, 0.4) is 0 Å². The van der Waals surface area contributed by atoms with Crippen molar-refractivity contribution >= 4 is 81.9 Å². The molecule has 3 aliphatic rings. The van der Waals surface area contributed by atoms with Crippen LogP contribution in [0.15, 0.2) is 200 Å². The lowest BCUT2D eigenvalue weighted by Gasteiger charge is -2.39. The lowest BCUT2D eigenvalue weighted by atomic mass is 9.69. The van der Waals surface area contributed by atoms with Crippen LogP contribution in [0.2, 0.25) is 20.1 Å². The molecule has 0 aliphatic carbocycles. The molecule has 0 aromatic heterocycles. The summed E-state index contributed by atoms with van der Waals surface area (Å²) in [5, 5.41) is 16.9. The number of benzene rings is 7. The zero-order chi connectivity index (χ0) is 60.3. The molecule has 7 nitrogen and oxygen atoms in total. The Balaban J connectivity index is 0.000000224. The number of aliphatic hydroxyl groups is 1. The molecule has 0 fully saturated rings. The smallest absolute Gasteiger partial charge is 0.343 e. The molecule has 3 aliphatic heterocycles. The highest BCUT2D eigenvalue weighted by Crippen LogP contribution is 2.52. The number of halogens is 4. The topological polar surface area (TPSA) is 72.5 Å². The molecule has 12 heteroatoms. The van der Waals surface area contributed by atoms with Crippen LogP contribution in [-0.2, 0) is 18.7 Å². The molecule has 0 radical (unpaired) electrons. The molecular weight excluding hydrogens is 1150 g/mol. The number of aliphatic hydroxyl groups excluding tert-OH is 1. The zero-order valence-electron chi connectivity index (χ0n) is 49.5. The fourth-order valence-electron chi connectivity index (χ4n) is 11.3. The standard InChI is InChI=1S/C26H31Cl2NO2.C26H30Cl2NO.C11H10.C7H8.CH4O2S.CH4/c1-5-13-26(4,25-29-23(16-31-25)17(2)3)15-22(19-7-6-8-21(28)14-19)24(30)18-9-11-20(27)12-10-18;1-5-13-26(4)15-22(19-7-6-8-21(28)14-19)24(18-9-11-20(27)12-10-18)29-23(17(2)3)16-30-25(26)29;1-9-5-4-7-10-6-2-3-8-11(9)10;1-7-5-3-2-4-6-7;1-2-3-4;/h5-12,14,17,22-24,30H,1,13,15-16H2,2-4H3;5-12,14,17,22-24H,1,13,15-16H2,2-4H3;2-8H,1H3;2-6H,1H3;4H,1H3;1H4/q;+1;;;;/t22-,23-,24+,26+;22-,23-,24-,26+;;;;/m11..../s1. The molecule has 0 amide bonds. The monoisotopic (exact) mass is 1230 g/mol. The van der Waals surface area contributed by atoms with Gasteiger partial charge >= 0.3 is 5.90 Å². The van der Waals surface area contributed by atoms with Gasteiger partial charge in [-0.25, -0.2) is 9.88 Å². The van der Waals surface area contributed by atoms with Crippen LogP contribution < -0.4 is 0 Å². The third-order valence-corrected chi connectivity index (χ3v) is 16.9. The number of nitrogens with zero attached hydrogens (tertiary/aromatic N) is 2. The van der Waals surface area contributed by atoms with E-state index in [1.54, 1.807) is 12.1 Å². The number of thiol groups is 1. The number of allylic oxidation sites excluding steroid dienone is 2. The molecule has 0 bridgehead atoms. The van der Waals surface area contributed by atoms with E-state index < -0.39 is 11.5 Å². The molecule has 448 valence electrons. The number of ether oxygens (including phenoxy) is 2. The maximum Gasteiger partial charge on any atom is 0.343 e. The van der Waals surface area contributed by atoms with E-state index in [-0.39, 0.29) is 36.8 Å². The average molecular weight is 1230 g/mol. The van der Waals surface area contributed by atoms with Crippen LogP contribution in [0.1, 0.15) is 132 Å². The molecule has 7 aromatic rings. The van der Waals surface area contributed by atoms with E-state index in [1.807, 2.05) is 84.9 Å². The Kier molecular flexibility index (Phi) is 27.7. The van der Waals surface area contributed by atoms with Gasteiger partial charge in [0.2, 0.25) is 0 Å². The second-order valence-corrected chi connectivity index (χ2v) is 24.8. The van der Waals surface area contributed by atoms with Crippen molar-refractivity contribution in [1.82, 2.24) is 0 Å². The molecule has 1 N–H and O–H groups in total. The summed E-state index contributed by atoms with van der Waals surface area (Å²) in [5.41, 5.74) is 6.50. The highest BCUT2D eigenvalue weighted by Gasteiger charge is 2.57. The Morgan fingerprint density at radius 2 is 1.31 bits per heavy atom. The molecule has 0 spiro atoms. The maximum atomic E-state index is 11.4. The number of fused-ring (bicyclic) bond motifs is 1. The van der Waals surface area contributed by atoms with Crippen molar-refractivity contribution in [3.05, 3.63) is 249 Å². The summed E-state index contributed by atoms with van der Waals surface area (Å²) in [7, 11) is 1.38. The maximum absolute atomic E-state index is 11.4. The molecule has 0 unspecified atom stereocenters. The van der Waals surface area contributed by atoms with Crippen LogP contribution >= 0.6 is 59.3 Å². The first-order chi connectivity index (χ1) is 39.8. The predicted molar refractivity (Wildman–Crippen MR) is 360 cm³/mol. The van der Waals surface area contributed by atoms with Gasteiger partial charge in [-0.2, -0.15) is 8.91 Å². The normalized spacial score (nSPS) is 19.9. The second kappa shape index (κ2) is 33.5. The van der Waals surface area contributed by atoms with Crippen LogP contribution in [0.5, 0.6) is 0 Å². The van der Waals surface area contributed by atoms with Crippen LogP contribution in [0.4, 0.5) is 0 Å². The molecule has 84 heavy (non-hydrogen) atoms. The van der Waals surface area contributed by atoms with Crippen LogP contribution in [0, 0.1) is 36.5 Å². The van der Waals surface area contributed by atoms with Gasteiger partial charge in [0.1, 0.15) is 6.61 Å². The van der Waals surface area contributed by atoms with Gasteiger partial charge in [-0.1, -0.05) is 227 Å². The van der Waals surface area contributed by atoms with Gasteiger partial charge in [0.15, 0.2) is 24.6 Å². The first-order valence-electron chi connectivity index (χ1n) is 28.5. The Hall–Kier alpha value is -5.39. The fourth-order valence-corrected chi connectivity index (χ4v) is 12.0.